The molecule has 0 saturated heterocycles. The zero-order valence-corrected chi connectivity index (χ0v) is 6.63. The van der Waals surface area contributed by atoms with Crippen LogP contribution in [-0.2, 0) is 0 Å². The second-order valence-electron chi connectivity index (χ2n) is 2.66. The van der Waals surface area contributed by atoms with Gasteiger partial charge in [-0.2, -0.15) is 0 Å². The highest BCUT2D eigenvalue weighted by molar-refractivity contribution is 5.99. The van der Waals surface area contributed by atoms with Gasteiger partial charge in [0.25, 0.3) is 0 Å². The largest absolute Gasteiger partial charge is 0.394 e. The Bertz CT molecular complexity index is 507. The molecular weight excluding hydrogens is 169 g/mol. The van der Waals surface area contributed by atoms with E-state index in [1.807, 2.05) is 0 Å². The van der Waals surface area contributed by atoms with Gasteiger partial charge in [-0.25, -0.2) is 9.24 Å². The molecule has 0 unspecified atom stereocenters. The molecule has 13 heavy (non-hydrogen) atoms. The maximum Gasteiger partial charge on any atom is 0.234 e. The molecule has 0 amide bonds. The van der Waals surface area contributed by atoms with Gasteiger partial charge in [0.1, 0.15) is 11.6 Å². The van der Waals surface area contributed by atoms with Crippen LogP contribution in [0, 0.1) is 12.4 Å². The van der Waals surface area contributed by atoms with Crippen LogP contribution in [0.15, 0.2) is 18.2 Å². The molecule has 0 aliphatic carbocycles. The molecule has 0 aliphatic heterocycles. The average Bonchev–Trinajstić information content (AvgIpc) is 2.43. The highest BCUT2D eigenvalue weighted by Gasteiger charge is 2.10. The molecule has 1 heterocycles. The van der Waals surface area contributed by atoms with Gasteiger partial charge in [-0.3, -0.25) is 0 Å². The Morgan fingerprint density at radius 1 is 1.46 bits per heavy atom. The molecule has 3 N–H and O–H groups in total. The first-order valence-corrected chi connectivity index (χ1v) is 3.67. The standard InChI is InChI=1S/C9H6FN3/c1-12-8-5-3-2-4-6(10)7(5)13-9(8)11/h2-4,13H,11H2. The van der Waals surface area contributed by atoms with E-state index in [2.05, 4.69) is 9.83 Å². The number of anilines is 1. The number of aromatic amines is 1. The number of hydrogen-bond donors (Lipinski definition) is 2. The van der Waals surface area contributed by atoms with Crippen molar-refractivity contribution in [1.29, 1.82) is 0 Å². The third kappa shape index (κ3) is 0.942. The molecule has 3 nitrogen and oxygen atoms in total. The van der Waals surface area contributed by atoms with E-state index in [-0.39, 0.29) is 17.3 Å². The van der Waals surface area contributed by atoms with Crippen molar-refractivity contribution >= 4 is 22.4 Å². The Kier molecular flexibility index (Phi) is 1.46. The topological polar surface area (TPSA) is 46.2 Å². The van der Waals surface area contributed by atoms with Gasteiger partial charge in [0.2, 0.25) is 5.69 Å². The number of fused-ring (bicyclic) bond motifs is 1. The zero-order chi connectivity index (χ0) is 9.42. The Morgan fingerprint density at radius 2 is 2.23 bits per heavy atom. The van der Waals surface area contributed by atoms with Crippen LogP contribution in [-0.4, -0.2) is 4.98 Å². The SMILES string of the molecule is [C-]#[N+]c1c(N)[nH]c2c(F)cccc12. The van der Waals surface area contributed by atoms with Gasteiger partial charge >= 0.3 is 0 Å². The van der Waals surface area contributed by atoms with Crippen molar-refractivity contribution in [1.82, 2.24) is 4.98 Å². The summed E-state index contributed by atoms with van der Waals surface area (Å²) in [6.07, 6.45) is 0. The average molecular weight is 175 g/mol. The monoisotopic (exact) mass is 175 g/mol. The number of halogens is 1. The van der Waals surface area contributed by atoms with Crippen LogP contribution in [0.2, 0.25) is 0 Å². The summed E-state index contributed by atoms with van der Waals surface area (Å²) in [5.41, 5.74) is 6.08. The van der Waals surface area contributed by atoms with Gasteiger partial charge in [-0.05, 0) is 6.07 Å². The van der Waals surface area contributed by atoms with E-state index in [0.29, 0.717) is 10.9 Å². The minimum absolute atomic E-state index is 0.218. The van der Waals surface area contributed by atoms with E-state index in [1.165, 1.54) is 6.07 Å². The first kappa shape index (κ1) is 7.62. The summed E-state index contributed by atoms with van der Waals surface area (Å²) in [4.78, 5) is 5.86. The van der Waals surface area contributed by atoms with Crippen LogP contribution in [0.4, 0.5) is 15.9 Å². The van der Waals surface area contributed by atoms with Crippen LogP contribution in [0.1, 0.15) is 0 Å². The molecule has 0 bridgehead atoms. The molecule has 0 atom stereocenters. The number of H-pyrrole nitrogens is 1. The quantitative estimate of drug-likeness (QED) is 0.593. The lowest BCUT2D eigenvalue weighted by Gasteiger charge is -1.90. The molecule has 1 aromatic heterocycles. The number of nitrogen functional groups attached to an aromatic ring is 1. The van der Waals surface area contributed by atoms with E-state index < -0.39 is 0 Å². The van der Waals surface area contributed by atoms with Crippen LogP contribution in [0.5, 0.6) is 0 Å². The third-order valence-corrected chi connectivity index (χ3v) is 1.90. The lowest BCUT2D eigenvalue weighted by molar-refractivity contribution is 0.637. The first-order chi connectivity index (χ1) is 6.24. The van der Waals surface area contributed by atoms with Gasteiger partial charge in [0, 0.05) is 5.39 Å². The number of benzene rings is 1. The van der Waals surface area contributed by atoms with Crippen LogP contribution in [0.25, 0.3) is 15.7 Å². The summed E-state index contributed by atoms with van der Waals surface area (Å²) in [7, 11) is 0. The molecule has 64 valence electrons. The molecule has 2 rings (SSSR count). The van der Waals surface area contributed by atoms with Gasteiger partial charge < -0.3 is 10.7 Å². The fourth-order valence-corrected chi connectivity index (χ4v) is 1.31. The van der Waals surface area contributed by atoms with Gasteiger partial charge in [0.15, 0.2) is 0 Å². The predicted octanol–water partition coefficient (Wildman–Crippen LogP) is 2.44. The second kappa shape index (κ2) is 2.49. The van der Waals surface area contributed by atoms with E-state index in [0.717, 1.165) is 0 Å². The van der Waals surface area contributed by atoms with Crippen molar-refractivity contribution in [3.63, 3.8) is 0 Å². The summed E-state index contributed by atoms with van der Waals surface area (Å²) in [5, 5.41) is 0.535. The third-order valence-electron chi connectivity index (χ3n) is 1.90. The molecular formula is C9H6FN3. The fourth-order valence-electron chi connectivity index (χ4n) is 1.31. The summed E-state index contributed by atoms with van der Waals surface area (Å²) in [6.45, 7) is 6.86. The van der Waals surface area contributed by atoms with Crippen LogP contribution < -0.4 is 5.73 Å². The number of para-hydroxylation sites is 1. The number of rotatable bonds is 0. The fraction of sp³-hybridized carbons (Fsp3) is 0. The molecule has 0 aliphatic rings. The highest BCUT2D eigenvalue weighted by atomic mass is 19.1. The molecule has 0 radical (unpaired) electrons. The number of nitrogens with two attached hydrogens (primary N) is 1. The van der Waals surface area contributed by atoms with Gasteiger partial charge in [-0.15, -0.1) is 0 Å². The van der Waals surface area contributed by atoms with Crippen LogP contribution >= 0.6 is 0 Å². The minimum atomic E-state index is -0.390. The lowest BCUT2D eigenvalue weighted by Crippen LogP contribution is -1.82. The van der Waals surface area contributed by atoms with Crippen molar-refractivity contribution in [3.05, 3.63) is 35.4 Å². The molecule has 2 aromatic rings. The molecule has 0 spiro atoms. The highest BCUT2D eigenvalue weighted by Crippen LogP contribution is 2.33. The van der Waals surface area contributed by atoms with E-state index in [1.54, 1.807) is 12.1 Å². The Morgan fingerprint density at radius 3 is 2.92 bits per heavy atom. The van der Waals surface area contributed by atoms with E-state index in [9.17, 15) is 4.39 Å². The summed E-state index contributed by atoms with van der Waals surface area (Å²) in [6, 6.07) is 4.55. The van der Waals surface area contributed by atoms with E-state index >= 15 is 0 Å². The van der Waals surface area contributed by atoms with Gasteiger partial charge in [-0.1, -0.05) is 12.1 Å². The summed E-state index contributed by atoms with van der Waals surface area (Å²) < 4.78 is 13.1. The smallest absolute Gasteiger partial charge is 0.234 e. The Labute approximate surface area is 73.8 Å². The summed E-state index contributed by atoms with van der Waals surface area (Å²) in [5.74, 6) is -0.172. The maximum absolute atomic E-state index is 13.1. The predicted molar refractivity (Wildman–Crippen MR) is 48.9 cm³/mol. The van der Waals surface area contributed by atoms with Crippen LogP contribution in [0.3, 0.4) is 0 Å². The minimum Gasteiger partial charge on any atom is -0.394 e. The van der Waals surface area contributed by atoms with Crippen molar-refractivity contribution in [3.8, 4) is 0 Å². The van der Waals surface area contributed by atoms with E-state index in [4.69, 9.17) is 12.3 Å². The Hall–Kier alpha value is -2.02. The number of nitrogens with zero attached hydrogens (tertiary/aromatic N) is 1. The lowest BCUT2D eigenvalue weighted by atomic mass is 10.2. The maximum atomic E-state index is 13.1. The number of aromatic nitrogens is 1. The van der Waals surface area contributed by atoms with Crippen molar-refractivity contribution in [2.24, 2.45) is 0 Å². The van der Waals surface area contributed by atoms with Gasteiger partial charge in [0.05, 0.1) is 12.1 Å². The number of hydrogen-bond acceptors (Lipinski definition) is 1. The molecule has 4 heteroatoms. The van der Waals surface area contributed by atoms with Crippen molar-refractivity contribution in [2.45, 2.75) is 0 Å². The van der Waals surface area contributed by atoms with Crippen molar-refractivity contribution in [2.75, 3.05) is 5.73 Å². The second-order valence-corrected chi connectivity index (χ2v) is 2.66. The zero-order valence-electron chi connectivity index (χ0n) is 6.63. The molecule has 1 aromatic carbocycles. The number of nitrogens with one attached hydrogen (secondary N) is 1. The Balaban J connectivity index is 2.96. The summed E-state index contributed by atoms with van der Waals surface area (Å²) >= 11 is 0. The normalized spacial score (nSPS) is 10.2. The molecule has 0 saturated carbocycles. The van der Waals surface area contributed by atoms with Crippen molar-refractivity contribution < 1.29 is 4.39 Å². The first-order valence-electron chi connectivity index (χ1n) is 3.67. The molecule has 0 fully saturated rings.